The molecule has 2 aliphatic heterocycles. The Labute approximate surface area is 199 Å². The molecule has 6 nitrogen and oxygen atoms in total. The van der Waals surface area contributed by atoms with E-state index in [0.717, 1.165) is 30.9 Å². The molecule has 0 radical (unpaired) electrons. The predicted octanol–water partition coefficient (Wildman–Crippen LogP) is 3.52. The monoisotopic (exact) mass is 542 g/mol. The Morgan fingerprint density at radius 1 is 1.13 bits per heavy atom. The Bertz CT molecular complexity index is 883. The fourth-order valence-corrected chi connectivity index (χ4v) is 4.14. The number of guanidine groups is 1. The first-order chi connectivity index (χ1) is 14.6. The third kappa shape index (κ3) is 5.75. The molecule has 0 spiro atoms. The Kier molecular flexibility index (Phi) is 8.28. The quantitative estimate of drug-likeness (QED) is 0.344. The van der Waals surface area contributed by atoms with Crippen molar-refractivity contribution in [2.45, 2.75) is 31.8 Å². The highest BCUT2D eigenvalue weighted by molar-refractivity contribution is 14.0. The van der Waals surface area contributed by atoms with Crippen molar-refractivity contribution in [3.63, 3.8) is 0 Å². The van der Waals surface area contributed by atoms with E-state index in [1.165, 1.54) is 31.0 Å². The Morgan fingerprint density at radius 2 is 1.87 bits per heavy atom. The molecule has 3 heterocycles. The molecule has 0 bridgehead atoms. The summed E-state index contributed by atoms with van der Waals surface area (Å²) in [6.45, 7) is 3.87. The average molecular weight is 542 g/mol. The number of nitrogens with one attached hydrogen (secondary N) is 2. The van der Waals surface area contributed by atoms with Crippen molar-refractivity contribution in [3.8, 4) is 0 Å². The lowest BCUT2D eigenvalue weighted by molar-refractivity contribution is 0.576. The van der Waals surface area contributed by atoms with Crippen LogP contribution in [0.15, 0.2) is 41.5 Å². The number of anilines is 2. The van der Waals surface area contributed by atoms with E-state index in [1.807, 2.05) is 12.3 Å². The molecule has 2 fully saturated rings. The van der Waals surface area contributed by atoms with Gasteiger partial charge in [-0.3, -0.25) is 4.99 Å². The van der Waals surface area contributed by atoms with Gasteiger partial charge in [0.1, 0.15) is 23.1 Å². The molecule has 2 aliphatic rings. The molecule has 0 amide bonds. The van der Waals surface area contributed by atoms with Gasteiger partial charge in [-0.05, 0) is 49.1 Å². The largest absolute Gasteiger partial charge is 0.365 e. The van der Waals surface area contributed by atoms with Crippen molar-refractivity contribution in [1.82, 2.24) is 15.6 Å². The van der Waals surface area contributed by atoms with Gasteiger partial charge in [0, 0.05) is 52.0 Å². The minimum Gasteiger partial charge on any atom is -0.365 e. The molecule has 9 heteroatoms. The first-order valence-electron chi connectivity index (χ1n) is 10.5. The van der Waals surface area contributed by atoms with Crippen LogP contribution < -0.4 is 20.4 Å². The number of pyridine rings is 1. The van der Waals surface area contributed by atoms with Gasteiger partial charge in [-0.25, -0.2) is 13.8 Å². The van der Waals surface area contributed by atoms with Gasteiger partial charge >= 0.3 is 0 Å². The highest BCUT2D eigenvalue weighted by Crippen LogP contribution is 2.26. The van der Waals surface area contributed by atoms with Gasteiger partial charge in [0.15, 0.2) is 5.96 Å². The molecule has 2 aromatic rings. The fraction of sp³-hybridized carbons (Fsp3) is 0.455. The number of hydrogen-bond acceptors (Lipinski definition) is 4. The van der Waals surface area contributed by atoms with E-state index < -0.39 is 11.6 Å². The summed E-state index contributed by atoms with van der Waals surface area (Å²) < 4.78 is 28.1. The van der Waals surface area contributed by atoms with Gasteiger partial charge in [0.05, 0.1) is 0 Å². The highest BCUT2D eigenvalue weighted by atomic mass is 127. The molecular formula is C22H29F2IN6. The van der Waals surface area contributed by atoms with Crippen molar-refractivity contribution in [2.24, 2.45) is 4.99 Å². The number of aliphatic imine (C=N–C) groups is 1. The second kappa shape index (κ2) is 10.9. The third-order valence-corrected chi connectivity index (χ3v) is 5.71. The van der Waals surface area contributed by atoms with Gasteiger partial charge < -0.3 is 20.4 Å². The minimum absolute atomic E-state index is 0. The van der Waals surface area contributed by atoms with E-state index in [1.54, 1.807) is 11.9 Å². The van der Waals surface area contributed by atoms with Gasteiger partial charge in [-0.2, -0.15) is 0 Å². The van der Waals surface area contributed by atoms with E-state index in [0.29, 0.717) is 25.6 Å². The van der Waals surface area contributed by atoms with Crippen molar-refractivity contribution in [2.75, 3.05) is 43.0 Å². The first kappa shape index (κ1) is 23.5. The van der Waals surface area contributed by atoms with E-state index in [9.17, 15) is 8.78 Å². The fourth-order valence-electron chi connectivity index (χ4n) is 4.14. The summed E-state index contributed by atoms with van der Waals surface area (Å²) in [4.78, 5) is 12.9. The third-order valence-electron chi connectivity index (χ3n) is 5.71. The topological polar surface area (TPSA) is 55.8 Å². The summed E-state index contributed by atoms with van der Waals surface area (Å²) in [5.41, 5.74) is 1.19. The van der Waals surface area contributed by atoms with E-state index in [4.69, 9.17) is 0 Å². The second-order valence-electron chi connectivity index (χ2n) is 7.79. The zero-order valence-corrected chi connectivity index (χ0v) is 20.0. The molecule has 1 aromatic heterocycles. The SMILES string of the molecule is CN=C(NCc1ccnc(N2CCCC2)c1)NC1CCN(c2c(F)cccc2F)C1.I. The van der Waals surface area contributed by atoms with Crippen LogP contribution in [0.4, 0.5) is 20.3 Å². The van der Waals surface area contributed by atoms with Crippen LogP contribution in [0.3, 0.4) is 0 Å². The minimum atomic E-state index is -0.523. The predicted molar refractivity (Wildman–Crippen MR) is 131 cm³/mol. The van der Waals surface area contributed by atoms with Crippen LogP contribution >= 0.6 is 24.0 Å². The normalized spacial score (nSPS) is 18.8. The summed E-state index contributed by atoms with van der Waals surface area (Å²) >= 11 is 0. The number of para-hydroxylation sites is 1. The van der Waals surface area contributed by atoms with Gasteiger partial charge in [-0.15, -0.1) is 24.0 Å². The van der Waals surface area contributed by atoms with E-state index >= 15 is 0 Å². The smallest absolute Gasteiger partial charge is 0.191 e. The number of benzene rings is 1. The molecule has 168 valence electrons. The number of rotatable bonds is 5. The van der Waals surface area contributed by atoms with Crippen molar-refractivity contribution in [3.05, 3.63) is 53.7 Å². The Balaban J connectivity index is 0.00000272. The summed E-state index contributed by atoms with van der Waals surface area (Å²) in [7, 11) is 1.72. The van der Waals surface area contributed by atoms with Gasteiger partial charge in [-0.1, -0.05) is 6.07 Å². The lowest BCUT2D eigenvalue weighted by Crippen LogP contribution is -2.44. The van der Waals surface area contributed by atoms with Crippen LogP contribution in [0.2, 0.25) is 0 Å². The van der Waals surface area contributed by atoms with Crippen LogP contribution in [0.5, 0.6) is 0 Å². The van der Waals surface area contributed by atoms with Gasteiger partial charge in [0.25, 0.3) is 0 Å². The number of hydrogen-bond donors (Lipinski definition) is 2. The molecule has 31 heavy (non-hydrogen) atoms. The molecule has 2 saturated heterocycles. The zero-order chi connectivity index (χ0) is 20.9. The number of nitrogens with zero attached hydrogens (tertiary/aromatic N) is 4. The summed E-state index contributed by atoms with van der Waals surface area (Å²) in [6.07, 6.45) is 5.06. The standard InChI is InChI=1S/C22H28F2N6.HI/c1-25-22(27-14-16-7-9-26-20(13-16)29-10-2-3-11-29)28-17-8-12-30(15-17)21-18(23)5-4-6-19(21)24;/h4-7,9,13,17H,2-3,8,10-12,14-15H2,1H3,(H2,25,27,28);1H. The Hall–Kier alpha value is -2.17. The molecule has 4 rings (SSSR count). The van der Waals surface area contributed by atoms with Crippen LogP contribution in [-0.2, 0) is 6.54 Å². The molecule has 1 atom stereocenters. The molecular weight excluding hydrogens is 513 g/mol. The molecule has 0 saturated carbocycles. The molecule has 1 aromatic carbocycles. The van der Waals surface area contributed by atoms with Crippen LogP contribution in [0.25, 0.3) is 0 Å². The maximum Gasteiger partial charge on any atom is 0.191 e. The second-order valence-corrected chi connectivity index (χ2v) is 7.79. The number of aromatic nitrogens is 1. The van der Waals surface area contributed by atoms with Crippen molar-refractivity contribution in [1.29, 1.82) is 0 Å². The summed E-state index contributed by atoms with van der Waals surface area (Å²) in [5, 5.41) is 6.70. The zero-order valence-electron chi connectivity index (χ0n) is 17.7. The van der Waals surface area contributed by atoms with Crippen LogP contribution in [0, 0.1) is 11.6 Å². The summed E-state index contributed by atoms with van der Waals surface area (Å²) in [5.74, 6) is 0.651. The van der Waals surface area contributed by atoms with E-state index in [-0.39, 0.29) is 35.7 Å². The lowest BCUT2D eigenvalue weighted by atomic mass is 10.2. The van der Waals surface area contributed by atoms with Crippen molar-refractivity contribution >= 4 is 41.4 Å². The summed E-state index contributed by atoms with van der Waals surface area (Å²) in [6, 6.07) is 8.16. The maximum absolute atomic E-state index is 14.1. The highest BCUT2D eigenvalue weighted by Gasteiger charge is 2.27. The van der Waals surface area contributed by atoms with E-state index in [2.05, 4.69) is 31.6 Å². The van der Waals surface area contributed by atoms with Crippen molar-refractivity contribution < 1.29 is 8.78 Å². The molecule has 0 aliphatic carbocycles. The van der Waals surface area contributed by atoms with Crippen LogP contribution in [-0.4, -0.2) is 50.2 Å². The Morgan fingerprint density at radius 3 is 2.58 bits per heavy atom. The first-order valence-corrected chi connectivity index (χ1v) is 10.5. The maximum atomic E-state index is 14.1. The molecule has 2 N–H and O–H groups in total. The average Bonchev–Trinajstić information content (AvgIpc) is 3.44. The number of halogens is 3. The lowest BCUT2D eigenvalue weighted by Gasteiger charge is -2.21. The molecule has 1 unspecified atom stereocenters. The van der Waals surface area contributed by atoms with Crippen LogP contribution in [0.1, 0.15) is 24.8 Å². The van der Waals surface area contributed by atoms with Gasteiger partial charge in [0.2, 0.25) is 0 Å².